The Morgan fingerprint density at radius 1 is 1.08 bits per heavy atom. The van der Waals surface area contributed by atoms with E-state index in [1.165, 1.54) is 5.56 Å². The van der Waals surface area contributed by atoms with Gasteiger partial charge in [0.15, 0.2) is 23.1 Å². The third-order valence-corrected chi connectivity index (χ3v) is 3.78. The summed E-state index contributed by atoms with van der Waals surface area (Å²) in [4.78, 5) is 15.8. The van der Waals surface area contributed by atoms with Crippen molar-refractivity contribution in [3.8, 4) is 11.5 Å². The summed E-state index contributed by atoms with van der Waals surface area (Å²) in [5.41, 5.74) is 3.36. The van der Waals surface area contributed by atoms with E-state index in [1.54, 1.807) is 13.0 Å². The molecule has 0 atom stereocenters. The van der Waals surface area contributed by atoms with Gasteiger partial charge in [-0.1, -0.05) is 35.9 Å². The van der Waals surface area contributed by atoms with Crippen molar-refractivity contribution in [3.63, 3.8) is 0 Å². The van der Waals surface area contributed by atoms with E-state index in [2.05, 4.69) is 24.0 Å². The van der Waals surface area contributed by atoms with Gasteiger partial charge in [0.1, 0.15) is 6.61 Å². The van der Waals surface area contributed by atoms with Gasteiger partial charge in [0.05, 0.1) is 6.61 Å². The van der Waals surface area contributed by atoms with Gasteiger partial charge < -0.3 is 14.2 Å². The lowest BCUT2D eigenvalue weighted by atomic mass is 10.1. The van der Waals surface area contributed by atoms with Crippen molar-refractivity contribution < 1.29 is 19.0 Å². The van der Waals surface area contributed by atoms with Crippen LogP contribution in [0.1, 0.15) is 30.5 Å². The Balaban J connectivity index is 1.80. The van der Waals surface area contributed by atoms with Crippen LogP contribution in [-0.2, 0) is 16.1 Å². The molecular formula is C21H21NO4. The maximum atomic E-state index is 11.7. The molecule has 0 N–H and O–H groups in total. The van der Waals surface area contributed by atoms with Crippen molar-refractivity contribution in [1.29, 1.82) is 0 Å². The van der Waals surface area contributed by atoms with Crippen molar-refractivity contribution in [3.05, 3.63) is 64.9 Å². The Kier molecular flexibility index (Phi) is 5.37. The van der Waals surface area contributed by atoms with Gasteiger partial charge in [-0.15, -0.1) is 0 Å². The van der Waals surface area contributed by atoms with Crippen LogP contribution in [0.2, 0.25) is 0 Å². The highest BCUT2D eigenvalue weighted by Crippen LogP contribution is 2.30. The second-order valence-electron chi connectivity index (χ2n) is 5.97. The molecule has 0 spiro atoms. The Hall–Kier alpha value is -3.08. The summed E-state index contributed by atoms with van der Waals surface area (Å²) in [7, 11) is 0. The van der Waals surface area contributed by atoms with Crippen LogP contribution in [0.4, 0.5) is 0 Å². The number of esters is 1. The van der Waals surface area contributed by atoms with E-state index in [0.717, 1.165) is 11.1 Å². The predicted octanol–water partition coefficient (Wildman–Crippen LogP) is 4.29. The molecule has 1 heterocycles. The van der Waals surface area contributed by atoms with Crippen LogP contribution in [-0.4, -0.2) is 18.5 Å². The Morgan fingerprint density at radius 3 is 2.62 bits per heavy atom. The number of nitrogens with zero attached hydrogens (tertiary/aromatic N) is 1. The molecule has 134 valence electrons. The number of cyclic esters (lactones) is 1. The number of rotatable bonds is 6. The smallest absolute Gasteiger partial charge is 0.363 e. The highest BCUT2D eigenvalue weighted by molar-refractivity contribution is 6.06. The predicted molar refractivity (Wildman–Crippen MR) is 100 cm³/mol. The molecule has 2 aromatic carbocycles. The van der Waals surface area contributed by atoms with Crippen molar-refractivity contribution >= 4 is 17.9 Å². The standard InChI is InChI=1S/C21H21NO4/c1-4-24-20-12-16(11-18-21(23)26-15(3)22-18)8-9-19(20)25-13-17-7-5-6-14(2)10-17/h5-12H,4,13H2,1-3H3/b18-11+. The van der Waals surface area contributed by atoms with E-state index in [0.29, 0.717) is 30.6 Å². The van der Waals surface area contributed by atoms with Gasteiger partial charge >= 0.3 is 5.97 Å². The molecule has 1 aliphatic heterocycles. The minimum atomic E-state index is -0.444. The number of ether oxygens (including phenoxy) is 3. The van der Waals surface area contributed by atoms with Gasteiger partial charge in [0.2, 0.25) is 0 Å². The number of carbonyl (C=O) groups excluding carboxylic acids is 1. The Morgan fingerprint density at radius 2 is 1.92 bits per heavy atom. The van der Waals surface area contributed by atoms with Gasteiger partial charge in [0, 0.05) is 6.92 Å². The topological polar surface area (TPSA) is 57.1 Å². The summed E-state index contributed by atoms with van der Waals surface area (Å²) < 4.78 is 16.6. The van der Waals surface area contributed by atoms with Crippen molar-refractivity contribution in [2.45, 2.75) is 27.4 Å². The van der Waals surface area contributed by atoms with Crippen molar-refractivity contribution in [1.82, 2.24) is 0 Å². The van der Waals surface area contributed by atoms with Crippen LogP contribution in [0.5, 0.6) is 11.5 Å². The number of hydrogen-bond donors (Lipinski definition) is 0. The van der Waals surface area contributed by atoms with Crippen LogP contribution in [0.15, 0.2) is 53.2 Å². The van der Waals surface area contributed by atoms with Crippen LogP contribution >= 0.6 is 0 Å². The Bertz CT molecular complexity index is 883. The fraction of sp³-hybridized carbons (Fsp3) is 0.238. The minimum absolute atomic E-state index is 0.276. The molecule has 26 heavy (non-hydrogen) atoms. The summed E-state index contributed by atoms with van der Waals surface area (Å²) in [5.74, 6) is 1.19. The molecular weight excluding hydrogens is 330 g/mol. The van der Waals surface area contributed by atoms with Crippen LogP contribution < -0.4 is 9.47 Å². The van der Waals surface area contributed by atoms with Crippen molar-refractivity contribution in [2.75, 3.05) is 6.61 Å². The van der Waals surface area contributed by atoms with Crippen LogP contribution in [0, 0.1) is 6.92 Å². The first-order valence-corrected chi connectivity index (χ1v) is 8.49. The van der Waals surface area contributed by atoms with Crippen LogP contribution in [0.25, 0.3) is 6.08 Å². The minimum Gasteiger partial charge on any atom is -0.490 e. The molecule has 5 heteroatoms. The number of carbonyl (C=O) groups is 1. The zero-order valence-electron chi connectivity index (χ0n) is 15.1. The number of hydrogen-bond acceptors (Lipinski definition) is 5. The summed E-state index contributed by atoms with van der Waals surface area (Å²) in [6, 6.07) is 13.7. The molecule has 0 bridgehead atoms. The van der Waals surface area contributed by atoms with E-state index in [1.807, 2.05) is 37.3 Å². The fourth-order valence-electron chi connectivity index (χ4n) is 2.64. The first kappa shape index (κ1) is 17.7. The lowest BCUT2D eigenvalue weighted by molar-refractivity contribution is -0.130. The fourth-order valence-corrected chi connectivity index (χ4v) is 2.64. The summed E-state index contributed by atoms with van der Waals surface area (Å²) in [6.45, 7) is 6.58. The molecule has 3 rings (SSSR count). The molecule has 0 unspecified atom stereocenters. The molecule has 0 aromatic heterocycles. The normalized spacial score (nSPS) is 15.0. The molecule has 0 aliphatic carbocycles. The van der Waals surface area contributed by atoms with E-state index in [9.17, 15) is 4.79 Å². The number of aliphatic imine (C=N–C) groups is 1. The number of benzene rings is 2. The van der Waals surface area contributed by atoms with Crippen molar-refractivity contribution in [2.24, 2.45) is 4.99 Å². The average molecular weight is 351 g/mol. The molecule has 0 saturated heterocycles. The van der Waals surface area contributed by atoms with Crippen LogP contribution in [0.3, 0.4) is 0 Å². The average Bonchev–Trinajstić information content (AvgIpc) is 2.92. The molecule has 0 amide bonds. The lowest BCUT2D eigenvalue weighted by Gasteiger charge is -2.13. The molecule has 5 nitrogen and oxygen atoms in total. The van der Waals surface area contributed by atoms with E-state index in [4.69, 9.17) is 14.2 Å². The van der Waals surface area contributed by atoms with Gasteiger partial charge in [-0.05, 0) is 43.2 Å². The van der Waals surface area contributed by atoms with Gasteiger partial charge in [-0.25, -0.2) is 9.79 Å². The Labute approximate surface area is 152 Å². The SMILES string of the molecule is CCOc1cc(/C=C2/N=C(C)OC2=O)ccc1OCc1cccc(C)c1. The maximum absolute atomic E-state index is 11.7. The van der Waals surface area contributed by atoms with E-state index >= 15 is 0 Å². The van der Waals surface area contributed by atoms with E-state index in [-0.39, 0.29) is 5.70 Å². The van der Waals surface area contributed by atoms with Gasteiger partial charge in [-0.3, -0.25) is 0 Å². The maximum Gasteiger partial charge on any atom is 0.363 e. The first-order valence-electron chi connectivity index (χ1n) is 8.49. The van der Waals surface area contributed by atoms with Gasteiger partial charge in [0.25, 0.3) is 0 Å². The van der Waals surface area contributed by atoms with E-state index < -0.39 is 5.97 Å². The zero-order chi connectivity index (χ0) is 18.5. The summed E-state index contributed by atoms with van der Waals surface area (Å²) in [6.07, 6.45) is 1.67. The highest BCUT2D eigenvalue weighted by atomic mass is 16.6. The molecule has 0 saturated carbocycles. The third kappa shape index (κ3) is 4.30. The molecule has 0 fully saturated rings. The molecule has 2 aromatic rings. The summed E-state index contributed by atoms with van der Waals surface area (Å²) in [5, 5.41) is 0. The quantitative estimate of drug-likeness (QED) is 0.575. The largest absolute Gasteiger partial charge is 0.490 e. The zero-order valence-corrected chi connectivity index (χ0v) is 15.1. The third-order valence-electron chi connectivity index (χ3n) is 3.78. The second kappa shape index (κ2) is 7.87. The highest BCUT2D eigenvalue weighted by Gasteiger charge is 2.19. The number of aryl methyl sites for hydroxylation is 1. The first-order chi connectivity index (χ1) is 12.5. The molecule has 1 aliphatic rings. The lowest BCUT2D eigenvalue weighted by Crippen LogP contribution is -2.01. The summed E-state index contributed by atoms with van der Waals surface area (Å²) >= 11 is 0. The molecule has 0 radical (unpaired) electrons. The van der Waals surface area contributed by atoms with Gasteiger partial charge in [-0.2, -0.15) is 0 Å². The second-order valence-corrected chi connectivity index (χ2v) is 5.97. The monoisotopic (exact) mass is 351 g/mol.